The molecule has 1 unspecified atom stereocenters. The Morgan fingerprint density at radius 3 is 2.48 bits per heavy atom. The van der Waals surface area contributed by atoms with Gasteiger partial charge in [-0.1, -0.05) is 50.2 Å². The number of carboxylic acids is 1. The van der Waals surface area contributed by atoms with Crippen LogP contribution in [-0.2, 0) is 16.2 Å². The Morgan fingerprint density at radius 2 is 1.87 bits per heavy atom. The van der Waals surface area contributed by atoms with Gasteiger partial charge in [-0.05, 0) is 35.4 Å². The number of ether oxygens (including phenoxy) is 1. The minimum Gasteiger partial charge on any atom is -0.489 e. The summed E-state index contributed by atoms with van der Waals surface area (Å²) in [5.74, 6) is -0.702. The average Bonchev–Trinajstić information content (AvgIpc) is 3.25. The number of nitrogens with one attached hydrogen (secondary N) is 1. The molecule has 0 radical (unpaired) electrons. The zero-order valence-electron chi connectivity index (χ0n) is 17.8. The van der Waals surface area contributed by atoms with E-state index in [9.17, 15) is 14.7 Å². The van der Waals surface area contributed by atoms with Crippen LogP contribution in [0.5, 0.6) is 5.75 Å². The van der Waals surface area contributed by atoms with Crippen molar-refractivity contribution in [1.29, 1.82) is 0 Å². The number of hydrogen-bond acceptors (Lipinski definition) is 5. The van der Waals surface area contributed by atoms with Gasteiger partial charge in [0.05, 0.1) is 12.1 Å². The lowest BCUT2D eigenvalue weighted by atomic mass is 9.92. The molecule has 0 aliphatic rings. The van der Waals surface area contributed by atoms with Crippen LogP contribution in [0.1, 0.15) is 49.9 Å². The lowest BCUT2D eigenvalue weighted by Crippen LogP contribution is -2.27. The first-order valence-electron chi connectivity index (χ1n) is 9.97. The number of rotatable bonds is 8. The molecule has 0 saturated carbocycles. The zero-order valence-corrected chi connectivity index (χ0v) is 17.8. The van der Waals surface area contributed by atoms with E-state index >= 15 is 0 Å². The summed E-state index contributed by atoms with van der Waals surface area (Å²) in [6.45, 7) is 5.92. The van der Waals surface area contributed by atoms with Crippen molar-refractivity contribution in [2.24, 2.45) is 5.41 Å². The lowest BCUT2D eigenvalue weighted by molar-refractivity contribution is -0.137. The molecule has 2 aromatic carbocycles. The van der Waals surface area contributed by atoms with Gasteiger partial charge in [-0.25, -0.2) is 0 Å². The van der Waals surface area contributed by atoms with Gasteiger partial charge in [0.1, 0.15) is 18.6 Å². The minimum atomic E-state index is -0.910. The molecule has 2 N–H and O–H groups in total. The highest BCUT2D eigenvalue weighted by Gasteiger charge is 2.22. The van der Waals surface area contributed by atoms with Crippen molar-refractivity contribution in [3.05, 3.63) is 77.7 Å². The quantitative estimate of drug-likeness (QED) is 0.538. The first-order chi connectivity index (χ1) is 14.7. The van der Waals surface area contributed by atoms with Gasteiger partial charge in [0, 0.05) is 23.1 Å². The van der Waals surface area contributed by atoms with Gasteiger partial charge in [-0.2, -0.15) is 0 Å². The third-order valence-corrected chi connectivity index (χ3v) is 4.75. The molecular weight excluding hydrogens is 396 g/mol. The molecule has 7 nitrogen and oxygen atoms in total. The van der Waals surface area contributed by atoms with Crippen LogP contribution in [0.2, 0.25) is 0 Å². The maximum atomic E-state index is 12.2. The number of aromatic nitrogens is 1. The van der Waals surface area contributed by atoms with Crippen molar-refractivity contribution < 1.29 is 24.0 Å². The number of carbonyl (C=O) groups excluding carboxylic acids is 1. The number of benzene rings is 2. The Hall–Kier alpha value is -3.61. The molecular formula is C24H26N2O5. The fourth-order valence-electron chi connectivity index (χ4n) is 2.99. The van der Waals surface area contributed by atoms with E-state index in [2.05, 4.69) is 10.5 Å². The van der Waals surface area contributed by atoms with Crippen LogP contribution >= 0.6 is 0 Å². The molecule has 0 aliphatic heterocycles. The predicted molar refractivity (Wildman–Crippen MR) is 116 cm³/mol. The SMILES string of the molecule is CC(C)(C)C(=O)Nc1cccc(COc2ccc(C(CC(=O)O)c3ccon3)cc2)c1. The second-order valence-corrected chi connectivity index (χ2v) is 8.34. The van der Waals surface area contributed by atoms with Gasteiger partial charge in [0.15, 0.2) is 0 Å². The molecule has 162 valence electrons. The van der Waals surface area contributed by atoms with Crippen molar-refractivity contribution >= 4 is 17.6 Å². The van der Waals surface area contributed by atoms with Crippen LogP contribution in [0.3, 0.4) is 0 Å². The summed E-state index contributed by atoms with van der Waals surface area (Å²) in [6, 6.07) is 16.5. The number of amides is 1. The lowest BCUT2D eigenvalue weighted by Gasteiger charge is -2.18. The number of aliphatic carboxylic acids is 1. The summed E-state index contributed by atoms with van der Waals surface area (Å²) in [5.41, 5.74) is 2.56. The van der Waals surface area contributed by atoms with Crippen LogP contribution in [0.15, 0.2) is 65.4 Å². The minimum absolute atomic E-state index is 0.0517. The Labute approximate surface area is 181 Å². The zero-order chi connectivity index (χ0) is 22.4. The first-order valence-corrected chi connectivity index (χ1v) is 9.97. The van der Waals surface area contributed by atoms with E-state index < -0.39 is 17.3 Å². The molecule has 3 aromatic rings. The van der Waals surface area contributed by atoms with E-state index in [0.717, 1.165) is 16.8 Å². The maximum absolute atomic E-state index is 12.2. The fraction of sp³-hybridized carbons (Fsp3) is 0.292. The van der Waals surface area contributed by atoms with Crippen molar-refractivity contribution in [2.75, 3.05) is 5.32 Å². The molecule has 1 aromatic heterocycles. The smallest absolute Gasteiger partial charge is 0.304 e. The highest BCUT2D eigenvalue weighted by molar-refractivity contribution is 5.94. The van der Waals surface area contributed by atoms with Crippen LogP contribution < -0.4 is 10.1 Å². The molecule has 1 amide bonds. The first kappa shape index (κ1) is 22.1. The summed E-state index contributed by atoms with van der Waals surface area (Å²) < 4.78 is 10.7. The number of anilines is 1. The van der Waals surface area contributed by atoms with E-state index in [1.807, 2.05) is 57.2 Å². The topological polar surface area (TPSA) is 102 Å². The Bertz CT molecular complexity index is 1020. The second-order valence-electron chi connectivity index (χ2n) is 8.34. The van der Waals surface area contributed by atoms with Gasteiger partial charge in [-0.3, -0.25) is 9.59 Å². The van der Waals surface area contributed by atoms with E-state index in [-0.39, 0.29) is 12.3 Å². The van der Waals surface area contributed by atoms with Gasteiger partial charge < -0.3 is 19.7 Å². The van der Waals surface area contributed by atoms with Gasteiger partial charge >= 0.3 is 5.97 Å². The normalized spacial score (nSPS) is 12.2. The molecule has 7 heteroatoms. The summed E-state index contributed by atoms with van der Waals surface area (Å²) in [6.07, 6.45) is 1.35. The number of nitrogens with zero attached hydrogens (tertiary/aromatic N) is 1. The van der Waals surface area contributed by atoms with Crippen molar-refractivity contribution in [3.63, 3.8) is 0 Å². The monoisotopic (exact) mass is 422 g/mol. The van der Waals surface area contributed by atoms with Crippen LogP contribution in [0, 0.1) is 5.41 Å². The highest BCUT2D eigenvalue weighted by Crippen LogP contribution is 2.28. The molecule has 3 rings (SSSR count). The molecule has 0 aliphatic carbocycles. The van der Waals surface area contributed by atoms with E-state index in [1.54, 1.807) is 18.2 Å². The fourth-order valence-corrected chi connectivity index (χ4v) is 2.99. The van der Waals surface area contributed by atoms with E-state index in [4.69, 9.17) is 9.26 Å². The van der Waals surface area contributed by atoms with Gasteiger partial charge in [-0.15, -0.1) is 0 Å². The van der Waals surface area contributed by atoms with Crippen LogP contribution in [-0.4, -0.2) is 22.1 Å². The molecule has 0 spiro atoms. The summed E-state index contributed by atoms with van der Waals surface area (Å²) in [5, 5.41) is 16.0. The third-order valence-electron chi connectivity index (χ3n) is 4.75. The Balaban J connectivity index is 1.65. The largest absolute Gasteiger partial charge is 0.489 e. The van der Waals surface area contributed by atoms with Gasteiger partial charge in [0.2, 0.25) is 5.91 Å². The Morgan fingerprint density at radius 1 is 1.13 bits per heavy atom. The van der Waals surface area contributed by atoms with Crippen molar-refractivity contribution in [3.8, 4) is 5.75 Å². The summed E-state index contributed by atoms with van der Waals surface area (Å²) >= 11 is 0. The molecule has 0 bridgehead atoms. The molecule has 1 heterocycles. The average molecular weight is 422 g/mol. The summed E-state index contributed by atoms with van der Waals surface area (Å²) in [4.78, 5) is 23.4. The molecule has 31 heavy (non-hydrogen) atoms. The van der Waals surface area contributed by atoms with Gasteiger partial charge in [0.25, 0.3) is 0 Å². The van der Waals surface area contributed by atoms with Crippen LogP contribution in [0.25, 0.3) is 0 Å². The molecule has 0 saturated heterocycles. The van der Waals surface area contributed by atoms with Crippen LogP contribution in [0.4, 0.5) is 5.69 Å². The Kier molecular flexibility index (Phi) is 6.74. The molecule has 1 atom stereocenters. The highest BCUT2D eigenvalue weighted by atomic mass is 16.5. The maximum Gasteiger partial charge on any atom is 0.304 e. The predicted octanol–water partition coefficient (Wildman–Crippen LogP) is 4.84. The van der Waals surface area contributed by atoms with E-state index in [1.165, 1.54) is 6.26 Å². The number of carboxylic acid groups (broad SMARTS) is 1. The van der Waals surface area contributed by atoms with Crippen molar-refractivity contribution in [1.82, 2.24) is 5.16 Å². The number of hydrogen-bond donors (Lipinski definition) is 2. The molecule has 0 fully saturated rings. The standard InChI is InChI=1S/C24H26N2O5/c1-24(2,3)23(29)25-18-6-4-5-16(13-18)15-30-19-9-7-17(8-10-19)20(14-22(27)28)21-11-12-31-26-21/h4-13,20H,14-15H2,1-3H3,(H,25,29)(H,27,28). The second kappa shape index (κ2) is 9.47. The summed E-state index contributed by atoms with van der Waals surface area (Å²) in [7, 11) is 0. The third kappa shape index (κ3) is 6.18. The van der Waals surface area contributed by atoms with E-state index in [0.29, 0.717) is 18.1 Å². The van der Waals surface area contributed by atoms with Crippen molar-refractivity contribution in [2.45, 2.75) is 39.7 Å². The number of carbonyl (C=O) groups is 2.